The molecule has 0 radical (unpaired) electrons. The van der Waals surface area contributed by atoms with E-state index in [-0.39, 0.29) is 43.5 Å². The highest BCUT2D eigenvalue weighted by atomic mass is 16.7. The molecule has 0 aromatic carbocycles. The molecule has 1 aliphatic carbocycles. The molecular formula is C35H50O8. The Morgan fingerprint density at radius 1 is 1.14 bits per heavy atom. The van der Waals surface area contributed by atoms with Crippen LogP contribution in [0.2, 0.25) is 0 Å². The van der Waals surface area contributed by atoms with E-state index in [1.165, 1.54) is 5.57 Å². The SMILES string of the molecule is CCC=C(C)C1OC2(CC3CC(CC=C(C)CC(C)C=CC=C4COC5C(O)C(C)=CC(C(=O)O3)C45O)O2)CC(O)C1C. The summed E-state index contributed by atoms with van der Waals surface area (Å²) in [5.41, 5.74) is 1.64. The van der Waals surface area contributed by atoms with Gasteiger partial charge in [0.1, 0.15) is 29.8 Å². The zero-order chi connectivity index (χ0) is 31.1. The van der Waals surface area contributed by atoms with Crippen LogP contribution in [0.3, 0.4) is 0 Å². The van der Waals surface area contributed by atoms with Crippen molar-refractivity contribution in [2.75, 3.05) is 6.61 Å². The molecule has 3 saturated heterocycles. The largest absolute Gasteiger partial charge is 0.462 e. The van der Waals surface area contributed by atoms with Crippen molar-refractivity contribution in [1.29, 1.82) is 0 Å². The third-order valence-electron chi connectivity index (χ3n) is 10.0. The van der Waals surface area contributed by atoms with E-state index in [0.29, 0.717) is 24.0 Å². The minimum atomic E-state index is -1.74. The number of fused-ring (bicyclic) bond motifs is 2. The lowest BCUT2D eigenvalue weighted by Crippen LogP contribution is -2.59. The topological polar surface area (TPSA) is 115 Å². The first-order chi connectivity index (χ1) is 20.4. The van der Waals surface area contributed by atoms with Crippen molar-refractivity contribution in [3.63, 3.8) is 0 Å². The lowest BCUT2D eigenvalue weighted by Gasteiger charge is -2.51. The fourth-order valence-electron chi connectivity index (χ4n) is 7.66. The first-order valence-corrected chi connectivity index (χ1v) is 16.0. The van der Waals surface area contributed by atoms with E-state index in [2.05, 4.69) is 39.0 Å². The summed E-state index contributed by atoms with van der Waals surface area (Å²) in [6.07, 6.45) is 11.3. The van der Waals surface area contributed by atoms with E-state index in [1.807, 2.05) is 26.0 Å². The number of rotatable bonds is 2. The van der Waals surface area contributed by atoms with Crippen LogP contribution < -0.4 is 0 Å². The number of ether oxygens (including phenoxy) is 4. The molecule has 4 aliphatic heterocycles. The Labute approximate surface area is 256 Å². The highest BCUT2D eigenvalue weighted by Gasteiger charge is 2.60. The van der Waals surface area contributed by atoms with Gasteiger partial charge < -0.3 is 34.3 Å². The normalized spacial score (nSPS) is 44.3. The summed E-state index contributed by atoms with van der Waals surface area (Å²) in [5.74, 6) is -2.61. The van der Waals surface area contributed by atoms with Gasteiger partial charge in [0.2, 0.25) is 0 Å². The number of hydrogen-bond acceptors (Lipinski definition) is 8. The molecule has 0 saturated carbocycles. The summed E-state index contributed by atoms with van der Waals surface area (Å²) in [7, 11) is 0. The van der Waals surface area contributed by atoms with Gasteiger partial charge in [0.05, 0.1) is 24.9 Å². The van der Waals surface area contributed by atoms with E-state index >= 15 is 0 Å². The Morgan fingerprint density at radius 2 is 1.91 bits per heavy atom. The van der Waals surface area contributed by atoms with Gasteiger partial charge in [-0.15, -0.1) is 0 Å². The number of carbonyl (C=O) groups is 1. The van der Waals surface area contributed by atoms with Crippen LogP contribution in [0.5, 0.6) is 0 Å². The minimum Gasteiger partial charge on any atom is -0.462 e. The number of aliphatic hydroxyl groups excluding tert-OH is 2. The average Bonchev–Trinajstić information content (AvgIpc) is 3.28. The van der Waals surface area contributed by atoms with Gasteiger partial charge in [0, 0.05) is 25.2 Å². The van der Waals surface area contributed by atoms with Gasteiger partial charge in [-0.05, 0) is 62.7 Å². The number of hydrogen-bond donors (Lipinski definition) is 3. The van der Waals surface area contributed by atoms with Crippen molar-refractivity contribution in [3.8, 4) is 0 Å². The van der Waals surface area contributed by atoms with Gasteiger partial charge in [0.25, 0.3) is 0 Å². The van der Waals surface area contributed by atoms with E-state index in [9.17, 15) is 20.1 Å². The Kier molecular flexibility index (Phi) is 9.58. The van der Waals surface area contributed by atoms with E-state index in [1.54, 1.807) is 13.0 Å². The molecule has 8 heteroatoms. The van der Waals surface area contributed by atoms with Crippen LogP contribution in [0.4, 0.5) is 0 Å². The van der Waals surface area contributed by atoms with Crippen molar-refractivity contribution in [2.24, 2.45) is 17.8 Å². The minimum absolute atomic E-state index is 0.110. The number of esters is 1. The highest BCUT2D eigenvalue weighted by Crippen LogP contribution is 2.47. The molecular weight excluding hydrogens is 548 g/mol. The smallest absolute Gasteiger partial charge is 0.316 e. The quantitative estimate of drug-likeness (QED) is 0.306. The number of carbonyl (C=O) groups excluding carboxylic acids is 1. The summed E-state index contributed by atoms with van der Waals surface area (Å²) in [4.78, 5) is 14.0. The molecule has 4 heterocycles. The third-order valence-corrected chi connectivity index (χ3v) is 10.0. The summed E-state index contributed by atoms with van der Waals surface area (Å²) in [6.45, 7) is 12.2. The predicted octanol–water partition coefficient (Wildman–Crippen LogP) is 4.84. The molecule has 8 nitrogen and oxygen atoms in total. The highest BCUT2D eigenvalue weighted by molar-refractivity contribution is 5.78. The molecule has 238 valence electrons. The van der Waals surface area contributed by atoms with E-state index in [0.717, 1.165) is 18.4 Å². The fourth-order valence-corrected chi connectivity index (χ4v) is 7.66. The number of allylic oxidation sites excluding steroid dienone is 5. The van der Waals surface area contributed by atoms with Gasteiger partial charge in [0.15, 0.2) is 5.79 Å². The van der Waals surface area contributed by atoms with Gasteiger partial charge in [-0.25, -0.2) is 0 Å². The van der Waals surface area contributed by atoms with Crippen molar-refractivity contribution >= 4 is 5.97 Å². The monoisotopic (exact) mass is 598 g/mol. The Morgan fingerprint density at radius 3 is 2.65 bits per heavy atom. The molecule has 2 bridgehead atoms. The van der Waals surface area contributed by atoms with Crippen LogP contribution in [0.15, 0.2) is 58.7 Å². The maximum absolute atomic E-state index is 14.0. The van der Waals surface area contributed by atoms with Crippen LogP contribution in [0, 0.1) is 17.8 Å². The molecule has 0 amide bonds. The summed E-state index contributed by atoms with van der Waals surface area (Å²) >= 11 is 0. The molecule has 3 fully saturated rings. The van der Waals surface area contributed by atoms with E-state index in [4.69, 9.17) is 18.9 Å². The molecule has 11 atom stereocenters. The van der Waals surface area contributed by atoms with Crippen LogP contribution in [0.25, 0.3) is 0 Å². The van der Waals surface area contributed by atoms with Crippen LogP contribution in [-0.4, -0.2) is 75.9 Å². The lowest BCUT2D eigenvalue weighted by molar-refractivity contribution is -0.342. The van der Waals surface area contributed by atoms with Gasteiger partial charge in [-0.2, -0.15) is 0 Å². The summed E-state index contributed by atoms with van der Waals surface area (Å²) in [5, 5.41) is 34.2. The van der Waals surface area contributed by atoms with Gasteiger partial charge in [-0.1, -0.05) is 62.8 Å². The second kappa shape index (κ2) is 12.7. The molecule has 11 unspecified atom stereocenters. The van der Waals surface area contributed by atoms with Crippen molar-refractivity contribution in [3.05, 3.63) is 58.7 Å². The van der Waals surface area contributed by atoms with Crippen LogP contribution in [-0.2, 0) is 23.7 Å². The fraction of sp³-hybridized carbons (Fsp3) is 0.686. The summed E-state index contributed by atoms with van der Waals surface area (Å²) in [6, 6.07) is 0. The zero-order valence-corrected chi connectivity index (χ0v) is 26.5. The lowest BCUT2D eigenvalue weighted by atomic mass is 9.71. The molecule has 3 N–H and O–H groups in total. The molecule has 0 aromatic rings. The molecule has 5 aliphatic rings. The van der Waals surface area contributed by atoms with Crippen LogP contribution >= 0.6 is 0 Å². The van der Waals surface area contributed by atoms with Crippen molar-refractivity contribution in [2.45, 2.75) is 128 Å². The van der Waals surface area contributed by atoms with Crippen LogP contribution in [0.1, 0.15) is 80.1 Å². The second-order valence-corrected chi connectivity index (χ2v) is 13.6. The Bertz CT molecular complexity index is 1210. The number of aliphatic hydroxyl groups is 3. The molecule has 5 rings (SSSR count). The second-order valence-electron chi connectivity index (χ2n) is 13.6. The van der Waals surface area contributed by atoms with Crippen molar-refractivity contribution in [1.82, 2.24) is 0 Å². The maximum Gasteiger partial charge on any atom is 0.316 e. The standard InChI is InChI=1S/C35H50O8/c1-7-9-22(4)31-24(6)29(36)18-34(43-31)17-27-16-26(42-34)13-12-21(3)14-20(2)10-8-11-25-19-40-32-30(37)23(5)15-28(33(38)41-27)35(25,32)39/h8-12,15,20,24,26-32,36-37,39H,7,13-14,16-19H2,1-6H3. The first kappa shape index (κ1) is 32.3. The zero-order valence-electron chi connectivity index (χ0n) is 26.5. The van der Waals surface area contributed by atoms with E-state index < -0.39 is 47.7 Å². The van der Waals surface area contributed by atoms with Crippen molar-refractivity contribution < 1.29 is 39.1 Å². The Hall–Kier alpha value is -2.07. The Balaban J connectivity index is 1.53. The first-order valence-electron chi connectivity index (χ1n) is 16.0. The predicted molar refractivity (Wildman–Crippen MR) is 163 cm³/mol. The molecule has 1 spiro atoms. The maximum atomic E-state index is 14.0. The molecule has 43 heavy (non-hydrogen) atoms. The van der Waals surface area contributed by atoms with Gasteiger partial charge >= 0.3 is 5.97 Å². The average molecular weight is 599 g/mol. The summed E-state index contributed by atoms with van der Waals surface area (Å²) < 4.78 is 25.6. The third kappa shape index (κ3) is 6.37. The molecule has 0 aromatic heterocycles. The van der Waals surface area contributed by atoms with Gasteiger partial charge in [-0.3, -0.25) is 4.79 Å².